The molecule has 0 spiro atoms. The maximum absolute atomic E-state index is 9.27. The average molecular weight is 652 g/mol. The van der Waals surface area contributed by atoms with Crippen molar-refractivity contribution >= 4 is 11.4 Å². The lowest BCUT2D eigenvalue weighted by atomic mass is 9.87. The molecule has 0 aliphatic rings. The van der Waals surface area contributed by atoms with Crippen LogP contribution in [0.5, 0.6) is 0 Å². The second-order valence-electron chi connectivity index (χ2n) is 12.4. The molecule has 0 bridgehead atoms. The number of rotatable bonds is 8. The van der Waals surface area contributed by atoms with Gasteiger partial charge in [-0.3, -0.25) is 0 Å². The third-order valence-electron chi connectivity index (χ3n) is 9.17. The van der Waals surface area contributed by atoms with Crippen LogP contribution in [0.3, 0.4) is 0 Å². The Balaban J connectivity index is 1.36. The van der Waals surface area contributed by atoms with Gasteiger partial charge in [0.1, 0.15) is 0 Å². The van der Waals surface area contributed by atoms with Crippen molar-refractivity contribution in [3.63, 3.8) is 0 Å². The summed E-state index contributed by atoms with van der Waals surface area (Å²) in [5.41, 5.74) is 15.5. The lowest BCUT2D eigenvalue weighted by Gasteiger charge is -2.18. The minimum absolute atomic E-state index is 0.635. The van der Waals surface area contributed by atoms with Crippen molar-refractivity contribution in [3.8, 4) is 56.6 Å². The molecule has 0 aromatic heterocycles. The summed E-state index contributed by atoms with van der Waals surface area (Å²) in [7, 11) is 0. The van der Waals surface area contributed by atoms with Crippen molar-refractivity contribution in [1.29, 1.82) is 10.5 Å². The molecule has 7 aromatic rings. The van der Waals surface area contributed by atoms with Gasteiger partial charge >= 0.3 is 0 Å². The summed E-state index contributed by atoms with van der Waals surface area (Å²) in [5.74, 6) is 0. The second-order valence-corrected chi connectivity index (χ2v) is 12.4. The Hall–Kier alpha value is -7.07. The molecule has 0 saturated carbocycles. The number of benzene rings is 7. The number of aliphatic imine (C=N–C) groups is 1. The van der Waals surface area contributed by atoms with E-state index in [0.717, 1.165) is 72.5 Å². The fraction of sp³-hybridized carbons (Fsp3) is 0.0208. The fourth-order valence-electron chi connectivity index (χ4n) is 6.30. The normalized spacial score (nSPS) is 11.0. The van der Waals surface area contributed by atoms with Gasteiger partial charge in [-0.2, -0.15) is 10.5 Å². The zero-order chi connectivity index (χ0) is 35.2. The van der Waals surface area contributed by atoms with E-state index in [2.05, 4.69) is 123 Å². The molecule has 240 valence electrons. The topological polar surface area (TPSA) is 59.9 Å². The maximum atomic E-state index is 9.27. The van der Waals surface area contributed by atoms with Crippen LogP contribution in [0.2, 0.25) is 0 Å². The highest BCUT2D eigenvalue weighted by molar-refractivity contribution is 6.17. The molecule has 3 nitrogen and oxygen atoms in total. The van der Waals surface area contributed by atoms with Gasteiger partial charge in [-0.25, -0.2) is 4.99 Å². The molecule has 0 aliphatic carbocycles. The Morgan fingerprint density at radius 2 is 0.882 bits per heavy atom. The van der Waals surface area contributed by atoms with Crippen molar-refractivity contribution < 1.29 is 0 Å². The molecule has 0 aliphatic heterocycles. The summed E-state index contributed by atoms with van der Waals surface area (Å²) in [6.07, 6.45) is 0. The predicted octanol–water partition coefficient (Wildman–Crippen LogP) is 11.9. The van der Waals surface area contributed by atoms with E-state index in [1.165, 1.54) is 0 Å². The van der Waals surface area contributed by atoms with Crippen LogP contribution in [-0.4, -0.2) is 5.71 Å². The standard InChI is InChI=1S/C48H33N3/c1-33-46(43-11-7-4-8-12-43)29-45(38-9-5-3-6-10-38)30-47(33)48(44-27-25-42(26-28-44)40-19-15-36(32-50)16-20-40)51-34(2)37-21-23-41(24-22-37)39-17-13-35(31-49)14-18-39/h3-30H,2H2,1H3. The van der Waals surface area contributed by atoms with Gasteiger partial charge in [0, 0.05) is 11.1 Å². The van der Waals surface area contributed by atoms with E-state index >= 15 is 0 Å². The summed E-state index contributed by atoms with van der Waals surface area (Å²) in [6.45, 7) is 6.63. The zero-order valence-corrected chi connectivity index (χ0v) is 28.2. The molecular formula is C48H33N3. The summed E-state index contributed by atoms with van der Waals surface area (Å²) in [6, 6.07) is 61.8. The Labute approximate surface area is 299 Å². The fourth-order valence-corrected chi connectivity index (χ4v) is 6.30. The summed E-state index contributed by atoms with van der Waals surface area (Å²) in [4.78, 5) is 5.32. The molecule has 0 amide bonds. The van der Waals surface area contributed by atoms with Gasteiger partial charge in [-0.05, 0) is 99.0 Å². The van der Waals surface area contributed by atoms with Crippen LogP contribution >= 0.6 is 0 Å². The highest BCUT2D eigenvalue weighted by Gasteiger charge is 2.18. The molecule has 0 heterocycles. The molecule has 3 heteroatoms. The van der Waals surface area contributed by atoms with E-state index in [9.17, 15) is 10.5 Å². The monoisotopic (exact) mass is 651 g/mol. The minimum atomic E-state index is 0.635. The van der Waals surface area contributed by atoms with Gasteiger partial charge in [-0.1, -0.05) is 140 Å². The predicted molar refractivity (Wildman–Crippen MR) is 210 cm³/mol. The summed E-state index contributed by atoms with van der Waals surface area (Å²) < 4.78 is 0. The quantitative estimate of drug-likeness (QED) is 0.154. The van der Waals surface area contributed by atoms with Crippen LogP contribution < -0.4 is 0 Å². The van der Waals surface area contributed by atoms with Crippen molar-refractivity contribution in [2.75, 3.05) is 0 Å². The molecule has 51 heavy (non-hydrogen) atoms. The minimum Gasteiger partial charge on any atom is -0.248 e. The Morgan fingerprint density at radius 1 is 0.471 bits per heavy atom. The van der Waals surface area contributed by atoms with Crippen molar-refractivity contribution in [1.82, 2.24) is 0 Å². The number of nitriles is 2. The van der Waals surface area contributed by atoms with Gasteiger partial charge in [0.05, 0.1) is 34.7 Å². The van der Waals surface area contributed by atoms with Crippen LogP contribution in [-0.2, 0) is 0 Å². The Kier molecular flexibility index (Phi) is 9.29. The van der Waals surface area contributed by atoms with Crippen LogP contribution in [0.15, 0.2) is 181 Å². The summed E-state index contributed by atoms with van der Waals surface area (Å²) >= 11 is 0. The SMILES string of the molecule is C=C(N=C(c1ccc(-c2ccc(C#N)cc2)cc1)c1cc(-c2ccccc2)cc(-c2ccccc2)c1C)c1ccc(-c2ccc(C#N)cc2)cc1. The van der Waals surface area contributed by atoms with Crippen LogP contribution in [0, 0.1) is 29.6 Å². The molecule has 0 unspecified atom stereocenters. The molecule has 0 saturated heterocycles. The molecule has 0 fully saturated rings. The van der Waals surface area contributed by atoms with E-state index in [4.69, 9.17) is 4.99 Å². The number of hydrogen-bond donors (Lipinski definition) is 0. The van der Waals surface area contributed by atoms with Crippen LogP contribution in [0.4, 0.5) is 0 Å². The molecular weight excluding hydrogens is 619 g/mol. The third kappa shape index (κ3) is 7.06. The third-order valence-corrected chi connectivity index (χ3v) is 9.17. The Bertz CT molecular complexity index is 2440. The van der Waals surface area contributed by atoms with Crippen molar-refractivity contribution in [2.45, 2.75) is 6.92 Å². The molecule has 0 atom stereocenters. The van der Waals surface area contributed by atoms with Gasteiger partial charge in [0.15, 0.2) is 0 Å². The van der Waals surface area contributed by atoms with E-state index < -0.39 is 0 Å². The lowest BCUT2D eigenvalue weighted by molar-refractivity contribution is 1.40. The summed E-state index contributed by atoms with van der Waals surface area (Å²) in [5, 5.41) is 18.5. The number of nitrogens with zero attached hydrogens (tertiary/aromatic N) is 3. The van der Waals surface area contributed by atoms with E-state index in [1.54, 1.807) is 0 Å². The highest BCUT2D eigenvalue weighted by Crippen LogP contribution is 2.35. The first-order valence-electron chi connectivity index (χ1n) is 16.8. The number of hydrogen-bond acceptors (Lipinski definition) is 3. The first-order chi connectivity index (χ1) is 25.0. The van der Waals surface area contributed by atoms with Crippen LogP contribution in [0.1, 0.15) is 33.4 Å². The van der Waals surface area contributed by atoms with Crippen molar-refractivity contribution in [2.24, 2.45) is 4.99 Å². The molecule has 7 aromatic carbocycles. The maximum Gasteiger partial charge on any atom is 0.0991 e. The van der Waals surface area contributed by atoms with Crippen LogP contribution in [0.25, 0.3) is 50.2 Å². The highest BCUT2D eigenvalue weighted by atomic mass is 14.8. The zero-order valence-electron chi connectivity index (χ0n) is 28.2. The molecule has 7 rings (SSSR count). The van der Waals surface area contributed by atoms with E-state index in [1.807, 2.05) is 72.8 Å². The second kappa shape index (κ2) is 14.6. The Morgan fingerprint density at radius 3 is 1.35 bits per heavy atom. The van der Waals surface area contributed by atoms with Gasteiger partial charge < -0.3 is 0 Å². The van der Waals surface area contributed by atoms with Gasteiger partial charge in [0.2, 0.25) is 0 Å². The largest absolute Gasteiger partial charge is 0.248 e. The molecule has 0 radical (unpaired) electrons. The van der Waals surface area contributed by atoms with Gasteiger partial charge in [-0.15, -0.1) is 0 Å². The van der Waals surface area contributed by atoms with Gasteiger partial charge in [0.25, 0.3) is 0 Å². The smallest absolute Gasteiger partial charge is 0.0991 e. The van der Waals surface area contributed by atoms with Crippen molar-refractivity contribution in [3.05, 3.63) is 210 Å². The van der Waals surface area contributed by atoms with E-state index in [-0.39, 0.29) is 0 Å². The first-order valence-corrected chi connectivity index (χ1v) is 16.8. The lowest BCUT2D eigenvalue weighted by Crippen LogP contribution is -2.08. The average Bonchev–Trinajstić information content (AvgIpc) is 3.21. The molecule has 0 N–H and O–H groups in total. The van der Waals surface area contributed by atoms with E-state index in [0.29, 0.717) is 16.8 Å². The first kappa shape index (κ1) is 32.5.